The number of hydrogen-bond donors (Lipinski definition) is 1. The van der Waals surface area contributed by atoms with Crippen LogP contribution in [0.2, 0.25) is 0 Å². The Labute approximate surface area is 103 Å². The zero-order valence-corrected chi connectivity index (χ0v) is 10.6. The summed E-state index contributed by atoms with van der Waals surface area (Å²) in [5.41, 5.74) is 4.32. The Kier molecular flexibility index (Phi) is 4.58. The van der Waals surface area contributed by atoms with Crippen molar-refractivity contribution in [2.45, 2.75) is 20.3 Å². The highest BCUT2D eigenvalue weighted by Crippen LogP contribution is 2.25. The Morgan fingerprint density at radius 1 is 1.24 bits per heavy atom. The van der Waals surface area contributed by atoms with Gasteiger partial charge in [0.15, 0.2) is 0 Å². The van der Waals surface area contributed by atoms with Crippen molar-refractivity contribution in [3.63, 3.8) is 0 Å². The van der Waals surface area contributed by atoms with Gasteiger partial charge < -0.3 is 5.84 Å². The quantitative estimate of drug-likeness (QED) is 0.605. The molecule has 1 rings (SSSR count). The molecule has 0 bridgehead atoms. The second-order valence-electron chi connectivity index (χ2n) is 3.69. The fraction of sp³-hybridized carbons (Fsp3) is 0.200. The first-order valence-electron chi connectivity index (χ1n) is 5.78. The minimum atomic E-state index is 0.924. The maximum absolute atomic E-state index is 6.12. The summed E-state index contributed by atoms with van der Waals surface area (Å²) in [6.07, 6.45) is 12.4. The molecule has 0 aliphatic carbocycles. The minimum Gasteiger partial charge on any atom is -0.339 e. The van der Waals surface area contributed by atoms with Crippen LogP contribution in [0.15, 0.2) is 31.4 Å². The van der Waals surface area contributed by atoms with Crippen LogP contribution in [-0.2, 0) is 6.42 Å². The Morgan fingerprint density at radius 3 is 2.41 bits per heavy atom. The van der Waals surface area contributed by atoms with Gasteiger partial charge in [-0.3, -0.25) is 4.68 Å². The average molecular weight is 228 g/mol. The third-order valence-corrected chi connectivity index (χ3v) is 2.70. The molecule has 1 aromatic heterocycles. The van der Waals surface area contributed by atoms with Crippen LogP contribution in [-0.4, -0.2) is 4.68 Å². The number of hydrogen-bond acceptors (Lipinski definition) is 1. The van der Waals surface area contributed by atoms with Crippen LogP contribution in [0.1, 0.15) is 36.4 Å². The molecular formula is C15H20N2. The normalized spacial score (nSPS) is 11.4. The fourth-order valence-electron chi connectivity index (χ4n) is 1.96. The van der Waals surface area contributed by atoms with Crippen molar-refractivity contribution < 1.29 is 0 Å². The smallest absolute Gasteiger partial charge is 0.0696 e. The molecule has 2 nitrogen and oxygen atoms in total. The summed E-state index contributed by atoms with van der Waals surface area (Å²) in [7, 11) is 0. The number of nitrogens with two attached hydrogens (primary N) is 1. The summed E-state index contributed by atoms with van der Waals surface area (Å²) in [5.74, 6) is 6.12. The molecular weight excluding hydrogens is 208 g/mol. The largest absolute Gasteiger partial charge is 0.339 e. The lowest BCUT2D eigenvalue weighted by Crippen LogP contribution is -2.12. The molecule has 1 heterocycles. The molecule has 0 amide bonds. The highest BCUT2D eigenvalue weighted by Gasteiger charge is 2.14. The van der Waals surface area contributed by atoms with Gasteiger partial charge in [0.2, 0.25) is 0 Å². The third kappa shape index (κ3) is 2.41. The Balaban J connectivity index is 3.53. The fourth-order valence-corrected chi connectivity index (χ4v) is 1.96. The molecule has 0 aliphatic rings. The van der Waals surface area contributed by atoms with Crippen LogP contribution >= 0.6 is 0 Å². The molecule has 0 saturated heterocycles. The van der Waals surface area contributed by atoms with Crippen molar-refractivity contribution in [1.29, 1.82) is 0 Å². The van der Waals surface area contributed by atoms with Gasteiger partial charge in [-0.05, 0) is 31.1 Å². The number of allylic oxidation sites excluding steroid dienone is 3. The van der Waals surface area contributed by atoms with Crippen LogP contribution in [0.4, 0.5) is 0 Å². The molecule has 17 heavy (non-hydrogen) atoms. The van der Waals surface area contributed by atoms with Gasteiger partial charge in [0.1, 0.15) is 0 Å². The highest BCUT2D eigenvalue weighted by atomic mass is 15.3. The summed E-state index contributed by atoms with van der Waals surface area (Å²) in [6, 6.07) is 0. The maximum atomic E-state index is 6.12. The summed E-state index contributed by atoms with van der Waals surface area (Å²) >= 11 is 0. The van der Waals surface area contributed by atoms with Gasteiger partial charge in [-0.25, -0.2) is 0 Å². The number of rotatable bonds is 5. The Morgan fingerprint density at radius 2 is 1.94 bits per heavy atom. The van der Waals surface area contributed by atoms with Gasteiger partial charge in [-0.15, -0.1) is 0 Å². The van der Waals surface area contributed by atoms with Crippen molar-refractivity contribution in [2.75, 3.05) is 5.84 Å². The zero-order valence-electron chi connectivity index (χ0n) is 10.6. The van der Waals surface area contributed by atoms with E-state index in [1.165, 1.54) is 5.56 Å². The van der Waals surface area contributed by atoms with Gasteiger partial charge in [-0.1, -0.05) is 44.4 Å². The predicted octanol–water partition coefficient (Wildman–Crippen LogP) is 3.64. The Bertz CT molecular complexity index is 474. The summed E-state index contributed by atoms with van der Waals surface area (Å²) < 4.78 is 1.70. The monoisotopic (exact) mass is 228 g/mol. The van der Waals surface area contributed by atoms with Crippen molar-refractivity contribution >= 4 is 18.2 Å². The summed E-state index contributed by atoms with van der Waals surface area (Å²) in [6.45, 7) is 11.6. The van der Waals surface area contributed by atoms with Crippen molar-refractivity contribution in [2.24, 2.45) is 0 Å². The van der Waals surface area contributed by atoms with E-state index in [0.717, 1.165) is 23.4 Å². The van der Waals surface area contributed by atoms with Crippen LogP contribution in [0.3, 0.4) is 0 Å². The lowest BCUT2D eigenvalue weighted by molar-refractivity contribution is 0.973. The molecule has 2 N–H and O–H groups in total. The number of aromatic nitrogens is 1. The van der Waals surface area contributed by atoms with Crippen LogP contribution in [0, 0.1) is 0 Å². The molecule has 0 spiro atoms. The summed E-state index contributed by atoms with van der Waals surface area (Å²) in [5, 5.41) is 0. The third-order valence-electron chi connectivity index (χ3n) is 2.70. The van der Waals surface area contributed by atoms with E-state index in [-0.39, 0.29) is 0 Å². The molecule has 0 aromatic carbocycles. The van der Waals surface area contributed by atoms with Crippen molar-refractivity contribution in [3.05, 3.63) is 53.9 Å². The lowest BCUT2D eigenvalue weighted by Gasteiger charge is -2.01. The molecule has 90 valence electrons. The molecule has 0 atom stereocenters. The van der Waals surface area contributed by atoms with Crippen molar-refractivity contribution in [1.82, 2.24) is 4.68 Å². The standard InChI is InChI=1S/C15H20N2/c1-5-9-11-15-13(8-4)12(7-3)14(10-6-2)17(15)16/h5-7,9-11H,1,3,8,16H2,2,4H3/b10-6-,11-9-. The molecule has 0 unspecified atom stereocenters. The van der Waals surface area contributed by atoms with Gasteiger partial charge in [-0.2, -0.15) is 0 Å². The van der Waals surface area contributed by atoms with E-state index in [4.69, 9.17) is 5.84 Å². The molecule has 0 radical (unpaired) electrons. The zero-order chi connectivity index (χ0) is 12.8. The van der Waals surface area contributed by atoms with Crippen LogP contribution in [0.5, 0.6) is 0 Å². The molecule has 2 heteroatoms. The van der Waals surface area contributed by atoms with E-state index in [1.54, 1.807) is 10.8 Å². The van der Waals surface area contributed by atoms with Crippen LogP contribution < -0.4 is 5.84 Å². The Hall–Kier alpha value is -1.96. The van der Waals surface area contributed by atoms with E-state index in [0.29, 0.717) is 0 Å². The molecule has 0 aliphatic heterocycles. The molecule has 0 fully saturated rings. The van der Waals surface area contributed by atoms with Gasteiger partial charge in [0, 0.05) is 5.56 Å². The van der Waals surface area contributed by atoms with E-state index in [1.807, 2.05) is 37.3 Å². The van der Waals surface area contributed by atoms with Gasteiger partial charge >= 0.3 is 0 Å². The first kappa shape index (κ1) is 13.1. The van der Waals surface area contributed by atoms with E-state index >= 15 is 0 Å². The first-order valence-corrected chi connectivity index (χ1v) is 5.78. The highest BCUT2D eigenvalue weighted by molar-refractivity contribution is 5.72. The average Bonchev–Trinajstić information content (AvgIpc) is 2.60. The lowest BCUT2D eigenvalue weighted by atomic mass is 10.1. The van der Waals surface area contributed by atoms with Gasteiger partial charge in [0.05, 0.1) is 11.4 Å². The number of nitrogen functional groups attached to an aromatic ring is 1. The maximum Gasteiger partial charge on any atom is 0.0696 e. The van der Waals surface area contributed by atoms with E-state index in [2.05, 4.69) is 20.1 Å². The number of nitrogens with zero attached hydrogens (tertiary/aromatic N) is 1. The van der Waals surface area contributed by atoms with Gasteiger partial charge in [0.25, 0.3) is 0 Å². The van der Waals surface area contributed by atoms with Crippen molar-refractivity contribution in [3.8, 4) is 0 Å². The van der Waals surface area contributed by atoms with E-state index in [9.17, 15) is 0 Å². The molecule has 0 saturated carbocycles. The topological polar surface area (TPSA) is 30.9 Å². The van der Waals surface area contributed by atoms with Crippen LogP contribution in [0.25, 0.3) is 18.2 Å². The van der Waals surface area contributed by atoms with E-state index < -0.39 is 0 Å². The second-order valence-corrected chi connectivity index (χ2v) is 3.69. The minimum absolute atomic E-state index is 0.924. The second kappa shape index (κ2) is 5.94. The molecule has 1 aromatic rings. The predicted molar refractivity (Wildman–Crippen MR) is 78.0 cm³/mol. The summed E-state index contributed by atoms with van der Waals surface area (Å²) in [4.78, 5) is 0. The first-order chi connectivity index (χ1) is 8.21. The SMILES string of the molecule is C=C/C=C\c1c(CC)c(C=C)c(/C=C\C)n1N.